The number of ether oxygens (including phenoxy) is 1. The molecule has 0 radical (unpaired) electrons. The van der Waals surface area contributed by atoms with Gasteiger partial charge in [0, 0.05) is 25.5 Å². The number of benzene rings is 1. The maximum absolute atomic E-state index is 9.03. The zero-order valence-electron chi connectivity index (χ0n) is 11.5. The summed E-state index contributed by atoms with van der Waals surface area (Å²) in [5.41, 5.74) is 1.66. The first-order chi connectivity index (χ1) is 9.83. The van der Waals surface area contributed by atoms with Gasteiger partial charge in [-0.25, -0.2) is 4.98 Å². The molecule has 5 nitrogen and oxygen atoms in total. The Kier molecular flexibility index (Phi) is 5.15. The Morgan fingerprint density at radius 2 is 2.35 bits per heavy atom. The van der Waals surface area contributed by atoms with Crippen molar-refractivity contribution >= 4 is 0 Å². The van der Waals surface area contributed by atoms with E-state index in [0.29, 0.717) is 11.3 Å². The van der Waals surface area contributed by atoms with Gasteiger partial charge in [-0.1, -0.05) is 6.07 Å². The number of imidazole rings is 1. The average molecular weight is 270 g/mol. The third kappa shape index (κ3) is 3.84. The SMILES string of the molecule is COc1ccc(CNCCCn2ccnc2)cc1C#N. The molecule has 0 aliphatic rings. The van der Waals surface area contributed by atoms with Gasteiger partial charge in [-0.3, -0.25) is 0 Å². The Hall–Kier alpha value is -2.32. The van der Waals surface area contributed by atoms with Gasteiger partial charge in [0.05, 0.1) is 19.0 Å². The molecule has 1 aromatic carbocycles. The number of nitrogens with zero attached hydrogens (tertiary/aromatic N) is 3. The van der Waals surface area contributed by atoms with Crippen molar-refractivity contribution in [3.05, 3.63) is 48.0 Å². The first-order valence-electron chi connectivity index (χ1n) is 6.57. The van der Waals surface area contributed by atoms with Crippen LogP contribution in [0.2, 0.25) is 0 Å². The molecular weight excluding hydrogens is 252 g/mol. The quantitative estimate of drug-likeness (QED) is 0.781. The zero-order chi connectivity index (χ0) is 14.2. The molecule has 2 rings (SSSR count). The van der Waals surface area contributed by atoms with Crippen molar-refractivity contribution < 1.29 is 4.74 Å². The molecule has 1 N–H and O–H groups in total. The van der Waals surface area contributed by atoms with Gasteiger partial charge in [0.1, 0.15) is 11.8 Å². The van der Waals surface area contributed by atoms with Gasteiger partial charge in [-0.15, -0.1) is 0 Å². The molecule has 0 atom stereocenters. The fraction of sp³-hybridized carbons (Fsp3) is 0.333. The molecule has 0 spiro atoms. The topological polar surface area (TPSA) is 62.9 Å². The third-order valence-electron chi connectivity index (χ3n) is 3.04. The number of rotatable bonds is 7. The van der Waals surface area contributed by atoms with E-state index in [1.807, 2.05) is 30.7 Å². The van der Waals surface area contributed by atoms with E-state index >= 15 is 0 Å². The number of nitrogens with one attached hydrogen (secondary N) is 1. The third-order valence-corrected chi connectivity index (χ3v) is 3.04. The van der Waals surface area contributed by atoms with Crippen molar-refractivity contribution in [3.8, 4) is 11.8 Å². The first-order valence-corrected chi connectivity index (χ1v) is 6.57. The van der Waals surface area contributed by atoms with Crippen LogP contribution in [0, 0.1) is 11.3 Å². The lowest BCUT2D eigenvalue weighted by atomic mass is 10.1. The lowest BCUT2D eigenvalue weighted by Crippen LogP contribution is -2.16. The van der Waals surface area contributed by atoms with Gasteiger partial charge < -0.3 is 14.6 Å². The van der Waals surface area contributed by atoms with Crippen LogP contribution >= 0.6 is 0 Å². The van der Waals surface area contributed by atoms with E-state index in [1.165, 1.54) is 0 Å². The molecule has 0 aliphatic carbocycles. The van der Waals surface area contributed by atoms with E-state index in [-0.39, 0.29) is 0 Å². The molecule has 0 saturated carbocycles. The van der Waals surface area contributed by atoms with E-state index in [0.717, 1.165) is 31.6 Å². The van der Waals surface area contributed by atoms with Crippen molar-refractivity contribution in [1.82, 2.24) is 14.9 Å². The van der Waals surface area contributed by atoms with E-state index in [2.05, 4.69) is 20.9 Å². The molecule has 0 amide bonds. The minimum absolute atomic E-state index is 0.574. The van der Waals surface area contributed by atoms with Crippen LogP contribution in [0.25, 0.3) is 0 Å². The van der Waals surface area contributed by atoms with Gasteiger partial charge in [-0.2, -0.15) is 5.26 Å². The summed E-state index contributed by atoms with van der Waals surface area (Å²) in [6.07, 6.45) is 6.61. The molecule has 1 aromatic heterocycles. The molecule has 1 heterocycles. The van der Waals surface area contributed by atoms with Crippen LogP contribution in [-0.2, 0) is 13.1 Å². The molecule has 0 saturated heterocycles. The highest BCUT2D eigenvalue weighted by Crippen LogP contribution is 2.18. The van der Waals surface area contributed by atoms with Crippen molar-refractivity contribution in [2.24, 2.45) is 0 Å². The average Bonchev–Trinajstić information content (AvgIpc) is 3.00. The number of aryl methyl sites for hydroxylation is 1. The Morgan fingerprint density at radius 3 is 3.05 bits per heavy atom. The second-order valence-electron chi connectivity index (χ2n) is 4.48. The smallest absolute Gasteiger partial charge is 0.136 e. The predicted molar refractivity (Wildman–Crippen MR) is 76.3 cm³/mol. The molecule has 0 bridgehead atoms. The van der Waals surface area contributed by atoms with Crippen LogP contribution in [0.15, 0.2) is 36.9 Å². The van der Waals surface area contributed by atoms with Crippen LogP contribution < -0.4 is 10.1 Å². The van der Waals surface area contributed by atoms with Crippen LogP contribution in [0.1, 0.15) is 17.5 Å². The molecule has 5 heteroatoms. The van der Waals surface area contributed by atoms with Gasteiger partial charge in [0.15, 0.2) is 0 Å². The number of aromatic nitrogens is 2. The van der Waals surface area contributed by atoms with Crippen LogP contribution in [-0.4, -0.2) is 23.2 Å². The van der Waals surface area contributed by atoms with Crippen molar-refractivity contribution in [1.29, 1.82) is 5.26 Å². The van der Waals surface area contributed by atoms with Crippen LogP contribution in [0.5, 0.6) is 5.75 Å². The van der Waals surface area contributed by atoms with E-state index in [4.69, 9.17) is 10.00 Å². The van der Waals surface area contributed by atoms with Gasteiger partial charge in [0.2, 0.25) is 0 Å². The minimum atomic E-state index is 0.574. The maximum atomic E-state index is 9.03. The van der Waals surface area contributed by atoms with Crippen molar-refractivity contribution in [2.45, 2.75) is 19.5 Å². The molecule has 0 fully saturated rings. The summed E-state index contributed by atoms with van der Waals surface area (Å²) in [5.74, 6) is 0.622. The summed E-state index contributed by atoms with van der Waals surface area (Å²) in [6, 6.07) is 7.82. The number of methoxy groups -OCH3 is 1. The van der Waals surface area contributed by atoms with Crippen LogP contribution in [0.4, 0.5) is 0 Å². The Balaban J connectivity index is 1.75. The van der Waals surface area contributed by atoms with Gasteiger partial charge in [0.25, 0.3) is 0 Å². The van der Waals surface area contributed by atoms with E-state index in [1.54, 1.807) is 13.3 Å². The summed E-state index contributed by atoms with van der Waals surface area (Å²) in [4.78, 5) is 4.00. The number of nitriles is 1. The molecular formula is C15H18N4O. The second-order valence-corrected chi connectivity index (χ2v) is 4.48. The molecule has 0 aliphatic heterocycles. The van der Waals surface area contributed by atoms with E-state index in [9.17, 15) is 0 Å². The van der Waals surface area contributed by atoms with Gasteiger partial charge in [-0.05, 0) is 30.7 Å². The lowest BCUT2D eigenvalue weighted by Gasteiger charge is -2.08. The van der Waals surface area contributed by atoms with E-state index < -0.39 is 0 Å². The Morgan fingerprint density at radius 1 is 1.45 bits per heavy atom. The predicted octanol–water partition coefficient (Wildman–Crippen LogP) is 1.94. The summed E-state index contributed by atoms with van der Waals surface area (Å²) >= 11 is 0. The Bertz CT molecular complexity index is 572. The summed E-state index contributed by atoms with van der Waals surface area (Å²) < 4.78 is 7.18. The highest BCUT2D eigenvalue weighted by molar-refractivity contribution is 5.45. The number of hydrogen-bond acceptors (Lipinski definition) is 4. The zero-order valence-corrected chi connectivity index (χ0v) is 11.5. The molecule has 104 valence electrons. The molecule has 2 aromatic rings. The largest absolute Gasteiger partial charge is 0.495 e. The maximum Gasteiger partial charge on any atom is 0.136 e. The van der Waals surface area contributed by atoms with Crippen molar-refractivity contribution in [2.75, 3.05) is 13.7 Å². The molecule has 0 unspecified atom stereocenters. The van der Waals surface area contributed by atoms with Gasteiger partial charge >= 0.3 is 0 Å². The normalized spacial score (nSPS) is 10.2. The number of hydrogen-bond donors (Lipinski definition) is 1. The molecule has 20 heavy (non-hydrogen) atoms. The minimum Gasteiger partial charge on any atom is -0.495 e. The highest BCUT2D eigenvalue weighted by Gasteiger charge is 2.03. The fourth-order valence-corrected chi connectivity index (χ4v) is 1.99. The summed E-state index contributed by atoms with van der Waals surface area (Å²) in [5, 5.41) is 12.4. The monoisotopic (exact) mass is 270 g/mol. The summed E-state index contributed by atoms with van der Waals surface area (Å²) in [7, 11) is 1.57. The van der Waals surface area contributed by atoms with Crippen LogP contribution in [0.3, 0.4) is 0 Å². The first kappa shape index (κ1) is 14.1. The summed E-state index contributed by atoms with van der Waals surface area (Å²) in [6.45, 7) is 2.63. The fourth-order valence-electron chi connectivity index (χ4n) is 1.99. The second kappa shape index (κ2) is 7.31. The van der Waals surface area contributed by atoms with Crippen molar-refractivity contribution in [3.63, 3.8) is 0 Å². The Labute approximate surface area is 118 Å². The standard InChI is InChI=1S/C15H18N4O/c1-20-15-4-3-13(9-14(15)10-16)11-17-5-2-7-19-8-6-18-12-19/h3-4,6,8-9,12,17H,2,5,7,11H2,1H3. The highest BCUT2D eigenvalue weighted by atomic mass is 16.5. The lowest BCUT2D eigenvalue weighted by molar-refractivity contribution is 0.413.